The third kappa shape index (κ3) is 5.15. The van der Waals surface area contributed by atoms with Crippen molar-refractivity contribution in [2.75, 3.05) is 27.9 Å². The van der Waals surface area contributed by atoms with Crippen molar-refractivity contribution in [2.24, 2.45) is 5.73 Å². The summed E-state index contributed by atoms with van der Waals surface area (Å²) in [5.74, 6) is 1.95. The summed E-state index contributed by atoms with van der Waals surface area (Å²) >= 11 is 0. The minimum atomic E-state index is -0.143. The van der Waals surface area contributed by atoms with Crippen molar-refractivity contribution >= 4 is 5.91 Å². The van der Waals surface area contributed by atoms with Crippen molar-refractivity contribution in [3.05, 3.63) is 17.7 Å². The van der Waals surface area contributed by atoms with Gasteiger partial charge in [-0.3, -0.25) is 4.79 Å². The molecule has 3 N–H and O–H groups in total. The van der Waals surface area contributed by atoms with Gasteiger partial charge in [-0.25, -0.2) is 0 Å². The Morgan fingerprint density at radius 3 is 2.19 bits per heavy atom. The molecule has 0 aliphatic heterocycles. The van der Waals surface area contributed by atoms with E-state index in [-0.39, 0.29) is 11.9 Å². The highest BCUT2D eigenvalue weighted by Gasteiger charge is 2.13. The highest BCUT2D eigenvalue weighted by atomic mass is 16.5. The maximum Gasteiger partial charge on any atom is 0.221 e. The minimum Gasteiger partial charge on any atom is -0.496 e. The molecule has 1 unspecified atom stereocenters. The van der Waals surface area contributed by atoms with Gasteiger partial charge in [0.25, 0.3) is 0 Å². The van der Waals surface area contributed by atoms with Crippen LogP contribution < -0.4 is 25.3 Å². The Morgan fingerprint density at radius 2 is 1.76 bits per heavy atom. The van der Waals surface area contributed by atoms with Gasteiger partial charge in [0.1, 0.15) is 17.2 Å². The predicted molar refractivity (Wildman–Crippen MR) is 81.1 cm³/mol. The highest BCUT2D eigenvalue weighted by Crippen LogP contribution is 2.34. The van der Waals surface area contributed by atoms with Gasteiger partial charge in [-0.15, -0.1) is 0 Å². The van der Waals surface area contributed by atoms with Crippen LogP contribution in [0, 0.1) is 0 Å². The van der Waals surface area contributed by atoms with E-state index in [2.05, 4.69) is 5.32 Å². The lowest BCUT2D eigenvalue weighted by molar-refractivity contribution is -0.121. The summed E-state index contributed by atoms with van der Waals surface area (Å²) < 4.78 is 15.9. The maximum atomic E-state index is 11.6. The Balaban J connectivity index is 2.75. The molecule has 0 radical (unpaired) electrons. The zero-order valence-corrected chi connectivity index (χ0v) is 13.1. The van der Waals surface area contributed by atoms with Crippen molar-refractivity contribution in [1.29, 1.82) is 0 Å². The van der Waals surface area contributed by atoms with Crippen molar-refractivity contribution in [3.63, 3.8) is 0 Å². The molecule has 0 aliphatic rings. The van der Waals surface area contributed by atoms with E-state index in [1.807, 2.05) is 0 Å². The molecule has 0 fully saturated rings. The number of benzene rings is 1. The zero-order chi connectivity index (χ0) is 15.8. The van der Waals surface area contributed by atoms with Crippen LogP contribution in [0.1, 0.15) is 18.9 Å². The first kappa shape index (κ1) is 17.1. The molecule has 6 heteroatoms. The monoisotopic (exact) mass is 296 g/mol. The van der Waals surface area contributed by atoms with Gasteiger partial charge in [0.2, 0.25) is 5.91 Å². The number of carbonyl (C=O) groups is 1. The topological polar surface area (TPSA) is 82.8 Å². The van der Waals surface area contributed by atoms with E-state index in [9.17, 15) is 4.79 Å². The summed E-state index contributed by atoms with van der Waals surface area (Å²) in [5, 5.41) is 2.83. The molecule has 0 aromatic heterocycles. The summed E-state index contributed by atoms with van der Waals surface area (Å²) in [5.41, 5.74) is 6.48. The second-order valence-electron chi connectivity index (χ2n) is 4.79. The molecule has 6 nitrogen and oxygen atoms in total. The van der Waals surface area contributed by atoms with Crippen LogP contribution in [0.3, 0.4) is 0 Å². The van der Waals surface area contributed by atoms with Crippen molar-refractivity contribution in [3.8, 4) is 17.2 Å². The smallest absolute Gasteiger partial charge is 0.221 e. The lowest BCUT2D eigenvalue weighted by atomic mass is 10.1. The van der Waals surface area contributed by atoms with E-state index < -0.39 is 0 Å². The molecule has 0 spiro atoms. The van der Waals surface area contributed by atoms with Crippen LogP contribution >= 0.6 is 0 Å². The van der Waals surface area contributed by atoms with E-state index >= 15 is 0 Å². The second-order valence-corrected chi connectivity index (χ2v) is 4.79. The maximum absolute atomic E-state index is 11.6. The van der Waals surface area contributed by atoms with E-state index in [1.165, 1.54) is 0 Å². The van der Waals surface area contributed by atoms with Crippen LogP contribution in [0.25, 0.3) is 0 Å². The number of nitrogens with one attached hydrogen (secondary N) is 1. The Hall–Kier alpha value is -1.95. The fourth-order valence-corrected chi connectivity index (χ4v) is 2.02. The number of amides is 1. The molecule has 0 bridgehead atoms. The van der Waals surface area contributed by atoms with Crippen LogP contribution in [0.15, 0.2) is 12.1 Å². The van der Waals surface area contributed by atoms with Gasteiger partial charge in [0.15, 0.2) is 0 Å². The fourth-order valence-electron chi connectivity index (χ4n) is 2.02. The summed E-state index contributed by atoms with van der Waals surface area (Å²) in [7, 11) is 4.76. The molecule has 1 aromatic rings. The van der Waals surface area contributed by atoms with Crippen LogP contribution in [0.2, 0.25) is 0 Å². The Kier molecular flexibility index (Phi) is 6.81. The molecule has 0 saturated heterocycles. The van der Waals surface area contributed by atoms with Gasteiger partial charge < -0.3 is 25.3 Å². The second kappa shape index (κ2) is 8.36. The molecule has 0 heterocycles. The average molecular weight is 296 g/mol. The summed E-state index contributed by atoms with van der Waals surface area (Å²) in [6, 6.07) is 3.44. The number of methoxy groups -OCH3 is 3. The molecular weight excluding hydrogens is 272 g/mol. The first-order valence-corrected chi connectivity index (χ1v) is 6.83. The first-order valence-electron chi connectivity index (χ1n) is 6.83. The van der Waals surface area contributed by atoms with E-state index in [1.54, 1.807) is 40.4 Å². The number of carbonyl (C=O) groups excluding carboxylic acids is 1. The number of ether oxygens (including phenoxy) is 3. The van der Waals surface area contributed by atoms with Crippen LogP contribution in [0.4, 0.5) is 0 Å². The standard InChI is InChI=1S/C15H24N2O4/c1-10(16)7-15(18)17-6-5-12-13(20-3)8-11(19-2)9-14(12)21-4/h8-10H,5-7,16H2,1-4H3,(H,17,18). The minimum absolute atomic E-state index is 0.0588. The molecule has 0 aliphatic carbocycles. The number of hydrogen-bond donors (Lipinski definition) is 2. The SMILES string of the molecule is COc1cc(OC)c(CCNC(=O)CC(C)N)c(OC)c1. The zero-order valence-electron chi connectivity index (χ0n) is 13.1. The third-order valence-electron chi connectivity index (χ3n) is 3.02. The first-order chi connectivity index (χ1) is 10.0. The molecule has 1 amide bonds. The normalized spacial score (nSPS) is 11.7. The molecule has 1 atom stereocenters. The highest BCUT2D eigenvalue weighted by molar-refractivity contribution is 5.76. The van der Waals surface area contributed by atoms with Gasteiger partial charge in [-0.2, -0.15) is 0 Å². The van der Waals surface area contributed by atoms with E-state index in [0.29, 0.717) is 36.6 Å². The number of hydrogen-bond acceptors (Lipinski definition) is 5. The number of rotatable bonds is 8. The van der Waals surface area contributed by atoms with Crippen molar-refractivity contribution in [1.82, 2.24) is 5.32 Å². The van der Waals surface area contributed by atoms with Crippen LogP contribution in [-0.4, -0.2) is 39.8 Å². The lowest BCUT2D eigenvalue weighted by Crippen LogP contribution is -2.31. The van der Waals surface area contributed by atoms with Gasteiger partial charge in [0.05, 0.1) is 21.3 Å². The number of nitrogens with two attached hydrogens (primary N) is 1. The van der Waals surface area contributed by atoms with E-state index in [4.69, 9.17) is 19.9 Å². The Morgan fingerprint density at radius 1 is 1.19 bits per heavy atom. The summed E-state index contributed by atoms with van der Waals surface area (Å²) in [6.45, 7) is 2.29. The molecule has 1 rings (SSSR count). The molecule has 1 aromatic carbocycles. The summed E-state index contributed by atoms with van der Waals surface area (Å²) in [4.78, 5) is 11.6. The Labute approximate surface area is 125 Å². The van der Waals surface area contributed by atoms with Gasteiger partial charge in [0, 0.05) is 36.7 Å². The Bertz CT molecular complexity index is 450. The third-order valence-corrected chi connectivity index (χ3v) is 3.02. The van der Waals surface area contributed by atoms with Crippen molar-refractivity contribution < 1.29 is 19.0 Å². The van der Waals surface area contributed by atoms with Gasteiger partial charge in [-0.05, 0) is 13.3 Å². The van der Waals surface area contributed by atoms with Crippen LogP contribution in [-0.2, 0) is 11.2 Å². The molecule has 0 saturated carbocycles. The average Bonchev–Trinajstić information content (AvgIpc) is 2.46. The molecular formula is C15H24N2O4. The van der Waals surface area contributed by atoms with Gasteiger partial charge >= 0.3 is 0 Å². The fraction of sp³-hybridized carbons (Fsp3) is 0.533. The van der Waals surface area contributed by atoms with Crippen molar-refractivity contribution in [2.45, 2.75) is 25.8 Å². The lowest BCUT2D eigenvalue weighted by Gasteiger charge is -2.15. The molecule has 21 heavy (non-hydrogen) atoms. The van der Waals surface area contributed by atoms with E-state index in [0.717, 1.165) is 5.56 Å². The predicted octanol–water partition coefficient (Wildman–Crippen LogP) is 1.11. The molecule has 118 valence electrons. The quantitative estimate of drug-likeness (QED) is 0.751. The van der Waals surface area contributed by atoms with Crippen LogP contribution in [0.5, 0.6) is 17.2 Å². The van der Waals surface area contributed by atoms with Gasteiger partial charge in [-0.1, -0.05) is 0 Å². The largest absolute Gasteiger partial charge is 0.496 e. The summed E-state index contributed by atoms with van der Waals surface area (Å²) in [6.07, 6.45) is 0.915.